The molecule has 2 bridgehead atoms. The molecule has 2 atom stereocenters. The first-order valence-corrected chi connectivity index (χ1v) is 8.81. The van der Waals surface area contributed by atoms with Gasteiger partial charge in [-0.1, -0.05) is 28.4 Å². The summed E-state index contributed by atoms with van der Waals surface area (Å²) in [6.07, 6.45) is 5.39. The number of halogens is 2. The second kappa shape index (κ2) is 6.67. The Hall–Kier alpha value is -0.940. The quantitative estimate of drug-likeness (QED) is 0.859. The summed E-state index contributed by atoms with van der Waals surface area (Å²) in [4.78, 5) is 12.4. The van der Waals surface area contributed by atoms with Gasteiger partial charge < -0.3 is 11.1 Å². The average Bonchev–Trinajstić information content (AvgIpc) is 2.45. The smallest absolute Gasteiger partial charge is 0.223 e. The van der Waals surface area contributed by atoms with E-state index in [0.29, 0.717) is 22.9 Å². The third-order valence-corrected chi connectivity index (χ3v) is 5.99. The van der Waals surface area contributed by atoms with Gasteiger partial charge in [-0.05, 0) is 55.2 Å². The fourth-order valence-electron chi connectivity index (χ4n) is 3.99. The highest BCUT2D eigenvalue weighted by molar-refractivity contribution is 9.10. The van der Waals surface area contributed by atoms with E-state index in [1.54, 1.807) is 6.07 Å². The van der Waals surface area contributed by atoms with Crippen molar-refractivity contribution in [2.75, 3.05) is 0 Å². The van der Waals surface area contributed by atoms with Crippen LogP contribution in [0.5, 0.6) is 0 Å². The summed E-state index contributed by atoms with van der Waals surface area (Å²) in [6.45, 7) is 0.428. The van der Waals surface area contributed by atoms with Gasteiger partial charge in [-0.3, -0.25) is 4.79 Å². The number of amides is 1. The van der Waals surface area contributed by atoms with Crippen LogP contribution in [0.2, 0.25) is 0 Å². The number of carbonyl (C=O) groups excluding carboxylic acids is 1. The van der Waals surface area contributed by atoms with Gasteiger partial charge in [0.1, 0.15) is 5.82 Å². The summed E-state index contributed by atoms with van der Waals surface area (Å²) >= 11 is 3.33. The van der Waals surface area contributed by atoms with Crippen LogP contribution >= 0.6 is 15.9 Å². The molecule has 2 saturated carbocycles. The molecule has 0 aromatic heterocycles. The van der Waals surface area contributed by atoms with E-state index in [0.717, 1.165) is 31.2 Å². The third kappa shape index (κ3) is 3.35. The second-order valence-electron chi connectivity index (χ2n) is 6.65. The van der Waals surface area contributed by atoms with Crippen LogP contribution < -0.4 is 11.1 Å². The first-order chi connectivity index (χ1) is 10.5. The molecule has 22 heavy (non-hydrogen) atoms. The second-order valence-corrected chi connectivity index (χ2v) is 7.50. The van der Waals surface area contributed by atoms with Gasteiger partial charge in [0.15, 0.2) is 0 Å². The Kier molecular flexibility index (Phi) is 4.83. The lowest BCUT2D eigenvalue weighted by Crippen LogP contribution is -2.49. The van der Waals surface area contributed by atoms with Crippen molar-refractivity contribution in [3.8, 4) is 0 Å². The van der Waals surface area contributed by atoms with Crippen LogP contribution in [0.15, 0.2) is 22.7 Å². The highest BCUT2D eigenvalue weighted by atomic mass is 79.9. The van der Waals surface area contributed by atoms with Crippen molar-refractivity contribution < 1.29 is 9.18 Å². The summed E-state index contributed by atoms with van der Waals surface area (Å²) in [5.74, 6) is 0.909. The minimum atomic E-state index is -0.281. The highest BCUT2D eigenvalue weighted by Crippen LogP contribution is 2.41. The molecular formula is C17H22BrFN2O. The van der Waals surface area contributed by atoms with Crippen molar-refractivity contribution in [3.05, 3.63) is 34.1 Å². The molecule has 120 valence electrons. The van der Waals surface area contributed by atoms with Crippen LogP contribution in [0, 0.1) is 23.6 Å². The van der Waals surface area contributed by atoms with Crippen molar-refractivity contribution in [3.63, 3.8) is 0 Å². The van der Waals surface area contributed by atoms with Gasteiger partial charge in [0.2, 0.25) is 5.91 Å². The van der Waals surface area contributed by atoms with Crippen LogP contribution in [0.25, 0.3) is 0 Å². The van der Waals surface area contributed by atoms with Gasteiger partial charge in [-0.25, -0.2) is 4.39 Å². The molecule has 1 aromatic carbocycles. The fourth-order valence-corrected chi connectivity index (χ4v) is 4.49. The van der Waals surface area contributed by atoms with Crippen molar-refractivity contribution in [1.82, 2.24) is 5.32 Å². The minimum Gasteiger partial charge on any atom is -0.352 e. The van der Waals surface area contributed by atoms with Gasteiger partial charge in [-0.2, -0.15) is 0 Å². The molecule has 3 rings (SSSR count). The number of nitrogens with one attached hydrogen (secondary N) is 1. The molecule has 2 fully saturated rings. The maximum Gasteiger partial charge on any atom is 0.223 e. The molecule has 0 radical (unpaired) electrons. The number of fused-ring (bicyclic) bond motifs is 2. The normalized spacial score (nSPS) is 30.9. The molecule has 3 nitrogen and oxygen atoms in total. The summed E-state index contributed by atoms with van der Waals surface area (Å²) < 4.78 is 13.8. The standard InChI is InChI=1S/C17H22BrFN2O/c18-15-8-14(19)5-4-12(15)9-21-17(22)13-6-10-2-1-3-11(7-13)16(10)20/h4-5,8,10-11,13,16H,1-3,6-7,9,20H2,(H,21,22). The lowest BCUT2D eigenvalue weighted by atomic mass is 9.65. The van der Waals surface area contributed by atoms with Crippen LogP contribution in [0.3, 0.4) is 0 Å². The van der Waals surface area contributed by atoms with Crippen LogP contribution in [-0.4, -0.2) is 11.9 Å². The van der Waals surface area contributed by atoms with E-state index >= 15 is 0 Å². The molecular weight excluding hydrogens is 347 g/mol. The summed E-state index contributed by atoms with van der Waals surface area (Å²) in [5.41, 5.74) is 7.16. The zero-order valence-electron chi connectivity index (χ0n) is 12.5. The van der Waals surface area contributed by atoms with E-state index in [9.17, 15) is 9.18 Å². The molecule has 3 N–H and O–H groups in total. The van der Waals surface area contributed by atoms with Crippen molar-refractivity contribution in [2.45, 2.75) is 44.7 Å². The van der Waals surface area contributed by atoms with E-state index in [1.807, 2.05) is 0 Å². The highest BCUT2D eigenvalue weighted by Gasteiger charge is 2.40. The number of hydrogen-bond acceptors (Lipinski definition) is 2. The molecule has 0 spiro atoms. The molecule has 0 saturated heterocycles. The van der Waals surface area contributed by atoms with Gasteiger partial charge >= 0.3 is 0 Å². The molecule has 2 aliphatic rings. The van der Waals surface area contributed by atoms with Crippen LogP contribution in [0.1, 0.15) is 37.7 Å². The number of hydrogen-bond donors (Lipinski definition) is 2. The van der Waals surface area contributed by atoms with Gasteiger partial charge in [0, 0.05) is 23.0 Å². The first-order valence-electron chi connectivity index (χ1n) is 8.02. The van der Waals surface area contributed by atoms with E-state index < -0.39 is 0 Å². The Labute approximate surface area is 139 Å². The Morgan fingerprint density at radius 2 is 2.00 bits per heavy atom. The number of benzene rings is 1. The summed E-state index contributed by atoms with van der Waals surface area (Å²) in [6, 6.07) is 4.82. The Morgan fingerprint density at radius 1 is 1.32 bits per heavy atom. The predicted molar refractivity (Wildman–Crippen MR) is 87.5 cm³/mol. The summed E-state index contributed by atoms with van der Waals surface area (Å²) in [7, 11) is 0. The average molecular weight is 369 g/mol. The van der Waals surface area contributed by atoms with E-state index in [-0.39, 0.29) is 23.7 Å². The maximum absolute atomic E-state index is 13.1. The van der Waals surface area contributed by atoms with Crippen molar-refractivity contribution in [2.24, 2.45) is 23.5 Å². The number of nitrogens with two attached hydrogens (primary N) is 1. The monoisotopic (exact) mass is 368 g/mol. The maximum atomic E-state index is 13.1. The predicted octanol–water partition coefficient (Wildman–Crippen LogP) is 3.36. The van der Waals surface area contributed by atoms with Crippen LogP contribution in [-0.2, 0) is 11.3 Å². The topological polar surface area (TPSA) is 55.1 Å². The fraction of sp³-hybridized carbons (Fsp3) is 0.588. The Bertz CT molecular complexity index is 552. The van der Waals surface area contributed by atoms with E-state index in [4.69, 9.17) is 5.73 Å². The molecule has 1 aromatic rings. The summed E-state index contributed by atoms with van der Waals surface area (Å²) in [5, 5.41) is 3.00. The largest absolute Gasteiger partial charge is 0.352 e. The SMILES string of the molecule is NC1C2CCCC1CC(C(=O)NCc1ccc(F)cc1Br)C2. The zero-order chi connectivity index (χ0) is 15.7. The van der Waals surface area contributed by atoms with Crippen molar-refractivity contribution in [1.29, 1.82) is 0 Å². The molecule has 2 unspecified atom stereocenters. The molecule has 0 aliphatic heterocycles. The Morgan fingerprint density at radius 3 is 2.64 bits per heavy atom. The molecule has 5 heteroatoms. The molecule has 2 aliphatic carbocycles. The van der Waals surface area contributed by atoms with Gasteiger partial charge in [-0.15, -0.1) is 0 Å². The van der Waals surface area contributed by atoms with E-state index in [1.165, 1.54) is 18.6 Å². The molecule has 1 amide bonds. The van der Waals surface area contributed by atoms with Gasteiger partial charge in [0.25, 0.3) is 0 Å². The number of rotatable bonds is 3. The van der Waals surface area contributed by atoms with E-state index in [2.05, 4.69) is 21.2 Å². The lowest BCUT2D eigenvalue weighted by molar-refractivity contribution is -0.128. The minimum absolute atomic E-state index is 0.0781. The number of carbonyl (C=O) groups is 1. The third-order valence-electron chi connectivity index (χ3n) is 5.25. The van der Waals surface area contributed by atoms with Gasteiger partial charge in [0.05, 0.1) is 0 Å². The Balaban J connectivity index is 1.58. The van der Waals surface area contributed by atoms with Crippen LogP contribution in [0.4, 0.5) is 4.39 Å². The zero-order valence-corrected chi connectivity index (χ0v) is 14.1. The van der Waals surface area contributed by atoms with Crippen molar-refractivity contribution >= 4 is 21.8 Å². The molecule has 0 heterocycles. The first kappa shape index (κ1) is 15.9. The lowest BCUT2D eigenvalue weighted by Gasteiger charge is -2.43.